The molecule has 2 rings (SSSR count). The maximum absolute atomic E-state index is 12.1. The molecule has 1 N–H and O–H groups in total. The van der Waals surface area contributed by atoms with E-state index in [1.807, 2.05) is 0 Å². The van der Waals surface area contributed by atoms with E-state index in [9.17, 15) is 29.3 Å². The summed E-state index contributed by atoms with van der Waals surface area (Å²) < 4.78 is 9.88. The van der Waals surface area contributed by atoms with Crippen molar-refractivity contribution in [2.45, 2.75) is 19.8 Å². The van der Waals surface area contributed by atoms with E-state index in [0.717, 1.165) is 0 Å². The third-order valence-corrected chi connectivity index (χ3v) is 4.90. The average Bonchev–Trinajstić information content (AvgIpc) is 2.92. The monoisotopic (exact) mass is 406 g/mol. The van der Waals surface area contributed by atoms with Gasteiger partial charge in [-0.2, -0.15) is 0 Å². The third kappa shape index (κ3) is 5.84. The summed E-state index contributed by atoms with van der Waals surface area (Å²) in [5.74, 6) is -3.89. The number of Topliss-reactive ketones (excluding diaryl/α,β-unsaturated/α-hetero) is 1. The van der Waals surface area contributed by atoms with Crippen LogP contribution >= 0.6 is 0 Å². The Kier molecular flexibility index (Phi) is 7.40. The van der Waals surface area contributed by atoms with Crippen LogP contribution in [0.4, 0.5) is 0 Å². The van der Waals surface area contributed by atoms with Crippen molar-refractivity contribution in [1.82, 2.24) is 5.32 Å². The number of imide groups is 1. The predicted molar refractivity (Wildman–Crippen MR) is 98.7 cm³/mol. The second-order valence-corrected chi connectivity index (χ2v) is 6.88. The van der Waals surface area contributed by atoms with E-state index in [-0.39, 0.29) is 35.9 Å². The van der Waals surface area contributed by atoms with Gasteiger partial charge in [-0.1, -0.05) is 19.1 Å². The van der Waals surface area contributed by atoms with Gasteiger partial charge in [0.25, 0.3) is 11.8 Å². The van der Waals surface area contributed by atoms with Crippen LogP contribution in [0.5, 0.6) is 5.75 Å². The summed E-state index contributed by atoms with van der Waals surface area (Å²) in [6, 6.07) is 6.29. The van der Waals surface area contributed by atoms with E-state index in [2.05, 4.69) is 5.32 Å². The molecular formula is C19H22N2O8. The van der Waals surface area contributed by atoms with Gasteiger partial charge < -0.3 is 9.47 Å². The maximum Gasteiger partial charge on any atom is 0.307 e. The second-order valence-electron chi connectivity index (χ2n) is 6.88. The molecule has 10 heteroatoms. The first-order chi connectivity index (χ1) is 13.7. The number of amides is 2. The van der Waals surface area contributed by atoms with Gasteiger partial charge >= 0.3 is 5.97 Å². The first-order valence-electron chi connectivity index (χ1n) is 9.00. The number of nitrogens with one attached hydrogen (secondary N) is 1. The molecule has 0 spiro atoms. The van der Waals surface area contributed by atoms with Crippen molar-refractivity contribution in [3.63, 3.8) is 0 Å². The minimum absolute atomic E-state index is 0.142. The number of rotatable bonds is 8. The first kappa shape index (κ1) is 22.0. The molecule has 10 nitrogen and oxygen atoms in total. The summed E-state index contributed by atoms with van der Waals surface area (Å²) in [5.41, 5.74) is 0.142. The summed E-state index contributed by atoms with van der Waals surface area (Å²) in [6.45, 7) is 0.614. The van der Waals surface area contributed by atoms with Gasteiger partial charge in [-0.25, -0.2) is 0 Å². The maximum atomic E-state index is 12.1. The first-order valence-corrected chi connectivity index (χ1v) is 9.00. The fourth-order valence-electron chi connectivity index (χ4n) is 3.45. The van der Waals surface area contributed by atoms with Crippen molar-refractivity contribution in [1.29, 1.82) is 0 Å². The van der Waals surface area contributed by atoms with Crippen LogP contribution < -0.4 is 10.1 Å². The second kappa shape index (κ2) is 9.76. The van der Waals surface area contributed by atoms with Gasteiger partial charge in [0.1, 0.15) is 11.5 Å². The summed E-state index contributed by atoms with van der Waals surface area (Å²) in [6.07, 6.45) is -0.167. The van der Waals surface area contributed by atoms with Gasteiger partial charge in [-0.15, -0.1) is 0 Å². The van der Waals surface area contributed by atoms with E-state index >= 15 is 0 Å². The summed E-state index contributed by atoms with van der Waals surface area (Å²) >= 11 is 0. The highest BCUT2D eigenvalue weighted by Crippen LogP contribution is 2.36. The molecule has 1 saturated carbocycles. The molecule has 0 saturated heterocycles. The number of methoxy groups -OCH3 is 1. The smallest absolute Gasteiger partial charge is 0.307 e. The summed E-state index contributed by atoms with van der Waals surface area (Å²) in [5, 5.41) is 12.9. The Bertz CT molecular complexity index is 822. The van der Waals surface area contributed by atoms with Gasteiger partial charge in [0.05, 0.1) is 19.1 Å². The molecule has 0 aliphatic heterocycles. The number of para-hydroxylation sites is 1. The van der Waals surface area contributed by atoms with E-state index in [0.29, 0.717) is 0 Å². The topological polar surface area (TPSA) is 142 Å². The fraction of sp³-hybridized carbons (Fsp3) is 0.474. The predicted octanol–water partition coefficient (Wildman–Crippen LogP) is 1.00. The lowest BCUT2D eigenvalue weighted by Gasteiger charge is -2.17. The number of carbonyl (C=O) groups excluding carboxylic acids is 4. The molecule has 1 fully saturated rings. The van der Waals surface area contributed by atoms with E-state index in [4.69, 9.17) is 9.47 Å². The number of hydrogen-bond acceptors (Lipinski definition) is 8. The Morgan fingerprint density at radius 3 is 2.62 bits per heavy atom. The molecule has 156 valence electrons. The van der Waals surface area contributed by atoms with Crippen LogP contribution in [0.25, 0.3) is 0 Å². The number of ketones is 1. The number of benzene rings is 1. The van der Waals surface area contributed by atoms with Crippen molar-refractivity contribution < 1.29 is 33.6 Å². The Labute approximate surface area is 166 Å². The summed E-state index contributed by atoms with van der Waals surface area (Å²) in [7, 11) is 1.38. The van der Waals surface area contributed by atoms with Crippen LogP contribution in [0.1, 0.15) is 30.1 Å². The fourth-order valence-corrected chi connectivity index (χ4v) is 3.45. The third-order valence-electron chi connectivity index (χ3n) is 4.90. The van der Waals surface area contributed by atoms with Crippen molar-refractivity contribution in [3.8, 4) is 5.75 Å². The van der Waals surface area contributed by atoms with Gasteiger partial charge in [0, 0.05) is 23.2 Å². The summed E-state index contributed by atoms with van der Waals surface area (Å²) in [4.78, 5) is 58.4. The molecular weight excluding hydrogens is 384 g/mol. The van der Waals surface area contributed by atoms with Crippen molar-refractivity contribution in [3.05, 3.63) is 39.9 Å². The highest BCUT2D eigenvalue weighted by Gasteiger charge is 2.44. The molecule has 1 aromatic carbocycles. The van der Waals surface area contributed by atoms with Crippen LogP contribution in [-0.4, -0.2) is 48.8 Å². The number of nitrogens with zero attached hydrogens (tertiary/aromatic N) is 1. The van der Waals surface area contributed by atoms with Crippen LogP contribution in [0.15, 0.2) is 24.3 Å². The van der Waals surface area contributed by atoms with Crippen LogP contribution in [0.2, 0.25) is 0 Å². The molecule has 29 heavy (non-hydrogen) atoms. The minimum atomic E-state index is -0.845. The largest absolute Gasteiger partial charge is 0.496 e. The van der Waals surface area contributed by atoms with Gasteiger partial charge in [0.15, 0.2) is 6.61 Å². The molecule has 1 aliphatic carbocycles. The highest BCUT2D eigenvalue weighted by molar-refractivity contribution is 6.06. The average molecular weight is 406 g/mol. The van der Waals surface area contributed by atoms with E-state index < -0.39 is 47.7 Å². The molecule has 0 aromatic heterocycles. The molecule has 1 aliphatic rings. The molecule has 0 radical (unpaired) electrons. The number of carbonyl (C=O) groups is 4. The number of nitro groups is 1. The van der Waals surface area contributed by atoms with Crippen LogP contribution in [-0.2, 0) is 19.1 Å². The van der Waals surface area contributed by atoms with Crippen molar-refractivity contribution in [2.75, 3.05) is 20.3 Å². The Balaban J connectivity index is 1.86. The molecule has 0 heterocycles. The molecule has 0 unspecified atom stereocenters. The molecule has 0 bridgehead atoms. The van der Waals surface area contributed by atoms with Gasteiger partial charge in [-0.05, 0) is 18.1 Å². The highest BCUT2D eigenvalue weighted by atomic mass is 16.6. The zero-order valence-electron chi connectivity index (χ0n) is 16.1. The Morgan fingerprint density at radius 1 is 1.28 bits per heavy atom. The normalized spacial score (nSPS) is 20.8. The standard InChI is InChI=1S/C19H22N2O8/c1-11-7-15(22)13(14(11)9-21(26)27)8-18(24)29-10-17(23)20-19(25)12-5-3-4-6-16(12)28-2/h3-6,11,13-14H,7-10H2,1-2H3,(H,20,23,25)/t11-,13-,14-/m1/s1. The van der Waals surface area contributed by atoms with Crippen molar-refractivity contribution >= 4 is 23.6 Å². The van der Waals surface area contributed by atoms with Crippen molar-refractivity contribution in [2.24, 2.45) is 17.8 Å². The Morgan fingerprint density at radius 2 is 1.97 bits per heavy atom. The van der Waals surface area contributed by atoms with Crippen LogP contribution in [0.3, 0.4) is 0 Å². The van der Waals surface area contributed by atoms with E-state index in [1.54, 1.807) is 25.1 Å². The van der Waals surface area contributed by atoms with Gasteiger partial charge in [0.2, 0.25) is 6.54 Å². The lowest BCUT2D eigenvalue weighted by Crippen LogP contribution is -2.35. The number of hydrogen-bond donors (Lipinski definition) is 1. The quantitative estimate of drug-likeness (QED) is 0.383. The molecule has 1 aromatic rings. The van der Waals surface area contributed by atoms with Gasteiger partial charge in [-0.3, -0.25) is 34.6 Å². The van der Waals surface area contributed by atoms with E-state index in [1.165, 1.54) is 13.2 Å². The lowest BCUT2D eigenvalue weighted by molar-refractivity contribution is -0.490. The zero-order chi connectivity index (χ0) is 21.6. The molecule has 2 amide bonds. The number of esters is 1. The Hall–Kier alpha value is -3.30. The molecule has 3 atom stereocenters. The zero-order valence-corrected chi connectivity index (χ0v) is 16.1. The number of ether oxygens (including phenoxy) is 2. The lowest BCUT2D eigenvalue weighted by atomic mass is 9.88. The SMILES string of the molecule is COc1ccccc1C(=O)NC(=O)COC(=O)C[C@H]1C(=O)C[C@@H](C)[C@H]1C[N+](=O)[O-]. The van der Waals surface area contributed by atoms with Crippen LogP contribution in [0, 0.1) is 27.9 Å². The minimum Gasteiger partial charge on any atom is -0.496 e.